The SMILES string of the molecule is Cc1ccc(C(O)c2cccc(C(C)CN)c2)c(C)c1. The molecule has 106 valence electrons. The maximum absolute atomic E-state index is 10.6. The Morgan fingerprint density at radius 1 is 1.05 bits per heavy atom. The average Bonchev–Trinajstić information content (AvgIpc) is 2.46. The molecular weight excluding hydrogens is 246 g/mol. The van der Waals surface area contributed by atoms with Crippen LogP contribution in [0.4, 0.5) is 0 Å². The van der Waals surface area contributed by atoms with E-state index >= 15 is 0 Å². The Balaban J connectivity index is 2.35. The summed E-state index contributed by atoms with van der Waals surface area (Å²) < 4.78 is 0. The molecule has 0 aliphatic carbocycles. The molecule has 0 fully saturated rings. The number of nitrogens with two attached hydrogens (primary N) is 1. The Bertz CT molecular complexity index is 592. The highest BCUT2D eigenvalue weighted by atomic mass is 16.3. The molecule has 0 bridgehead atoms. The Kier molecular flexibility index (Phi) is 4.58. The smallest absolute Gasteiger partial charge is 0.104 e. The van der Waals surface area contributed by atoms with E-state index in [1.54, 1.807) is 0 Å². The first-order valence-corrected chi connectivity index (χ1v) is 7.08. The van der Waals surface area contributed by atoms with Gasteiger partial charge in [0.15, 0.2) is 0 Å². The topological polar surface area (TPSA) is 46.2 Å². The van der Waals surface area contributed by atoms with Crippen LogP contribution < -0.4 is 5.73 Å². The number of aliphatic hydroxyl groups is 1. The van der Waals surface area contributed by atoms with E-state index in [4.69, 9.17) is 5.73 Å². The lowest BCUT2D eigenvalue weighted by Gasteiger charge is -2.17. The van der Waals surface area contributed by atoms with Gasteiger partial charge in [-0.3, -0.25) is 0 Å². The van der Waals surface area contributed by atoms with Gasteiger partial charge >= 0.3 is 0 Å². The van der Waals surface area contributed by atoms with E-state index < -0.39 is 6.10 Å². The third kappa shape index (κ3) is 3.09. The number of benzene rings is 2. The molecule has 2 unspecified atom stereocenters. The first kappa shape index (κ1) is 14.8. The largest absolute Gasteiger partial charge is 0.384 e. The van der Waals surface area contributed by atoms with Gasteiger partial charge in [0.25, 0.3) is 0 Å². The van der Waals surface area contributed by atoms with E-state index in [1.807, 2.05) is 31.2 Å². The Hall–Kier alpha value is -1.64. The number of aryl methyl sites for hydroxylation is 2. The van der Waals surface area contributed by atoms with Gasteiger partial charge in [-0.15, -0.1) is 0 Å². The van der Waals surface area contributed by atoms with Crippen LogP contribution in [0.1, 0.15) is 46.8 Å². The highest BCUT2D eigenvalue weighted by Crippen LogP contribution is 2.27. The highest BCUT2D eigenvalue weighted by molar-refractivity contribution is 5.39. The minimum absolute atomic E-state index is 0.307. The fourth-order valence-corrected chi connectivity index (χ4v) is 2.48. The molecule has 2 heteroatoms. The van der Waals surface area contributed by atoms with E-state index in [2.05, 4.69) is 32.0 Å². The summed E-state index contributed by atoms with van der Waals surface area (Å²) in [4.78, 5) is 0. The second-order valence-corrected chi connectivity index (χ2v) is 5.57. The van der Waals surface area contributed by atoms with Gasteiger partial charge in [0.1, 0.15) is 6.10 Å². The fraction of sp³-hybridized carbons (Fsp3) is 0.333. The molecule has 2 rings (SSSR count). The van der Waals surface area contributed by atoms with Gasteiger partial charge in [0.2, 0.25) is 0 Å². The van der Waals surface area contributed by atoms with Crippen LogP contribution in [0.25, 0.3) is 0 Å². The van der Waals surface area contributed by atoms with Gasteiger partial charge < -0.3 is 10.8 Å². The summed E-state index contributed by atoms with van der Waals surface area (Å²) >= 11 is 0. The molecule has 2 nitrogen and oxygen atoms in total. The number of hydrogen-bond donors (Lipinski definition) is 2. The molecule has 0 amide bonds. The lowest BCUT2D eigenvalue weighted by atomic mass is 9.92. The highest BCUT2D eigenvalue weighted by Gasteiger charge is 2.14. The van der Waals surface area contributed by atoms with Crippen molar-refractivity contribution in [2.75, 3.05) is 6.54 Å². The zero-order chi connectivity index (χ0) is 14.7. The van der Waals surface area contributed by atoms with Gasteiger partial charge in [0.05, 0.1) is 0 Å². The van der Waals surface area contributed by atoms with E-state index in [0.29, 0.717) is 12.5 Å². The van der Waals surface area contributed by atoms with Crippen molar-refractivity contribution < 1.29 is 5.11 Å². The molecule has 0 aliphatic rings. The van der Waals surface area contributed by atoms with E-state index in [0.717, 1.165) is 16.7 Å². The van der Waals surface area contributed by atoms with Crippen molar-refractivity contribution in [1.29, 1.82) is 0 Å². The molecule has 0 radical (unpaired) electrons. The minimum Gasteiger partial charge on any atom is -0.384 e. The first-order valence-electron chi connectivity index (χ1n) is 7.08. The molecule has 0 aromatic heterocycles. The van der Waals surface area contributed by atoms with Crippen LogP contribution in [0, 0.1) is 13.8 Å². The van der Waals surface area contributed by atoms with Crippen molar-refractivity contribution in [3.05, 3.63) is 70.3 Å². The summed E-state index contributed by atoms with van der Waals surface area (Å²) in [6, 6.07) is 14.2. The predicted molar refractivity (Wildman–Crippen MR) is 83.9 cm³/mol. The molecule has 20 heavy (non-hydrogen) atoms. The summed E-state index contributed by atoms with van der Waals surface area (Å²) in [6.07, 6.45) is -0.583. The quantitative estimate of drug-likeness (QED) is 0.893. The van der Waals surface area contributed by atoms with E-state index in [9.17, 15) is 5.11 Å². The van der Waals surface area contributed by atoms with Gasteiger partial charge in [-0.2, -0.15) is 0 Å². The average molecular weight is 269 g/mol. The van der Waals surface area contributed by atoms with Crippen LogP contribution in [0.3, 0.4) is 0 Å². The van der Waals surface area contributed by atoms with Gasteiger partial charge in [-0.1, -0.05) is 55.0 Å². The van der Waals surface area contributed by atoms with Crippen molar-refractivity contribution >= 4 is 0 Å². The minimum atomic E-state index is -0.583. The zero-order valence-corrected chi connectivity index (χ0v) is 12.4. The lowest BCUT2D eigenvalue weighted by Crippen LogP contribution is -2.10. The maximum atomic E-state index is 10.6. The Morgan fingerprint density at radius 2 is 1.75 bits per heavy atom. The van der Waals surface area contributed by atoms with Crippen LogP contribution in [-0.4, -0.2) is 11.7 Å². The van der Waals surface area contributed by atoms with Crippen molar-refractivity contribution in [3.63, 3.8) is 0 Å². The molecule has 0 heterocycles. The normalized spacial score (nSPS) is 14.1. The number of aliphatic hydroxyl groups excluding tert-OH is 1. The lowest BCUT2D eigenvalue weighted by molar-refractivity contribution is 0.219. The third-order valence-electron chi connectivity index (χ3n) is 3.87. The number of hydrogen-bond acceptors (Lipinski definition) is 2. The maximum Gasteiger partial charge on any atom is 0.104 e. The van der Waals surface area contributed by atoms with Crippen molar-refractivity contribution in [1.82, 2.24) is 0 Å². The molecule has 3 N–H and O–H groups in total. The first-order chi connectivity index (χ1) is 9.52. The molecule has 2 aromatic carbocycles. The summed E-state index contributed by atoms with van der Waals surface area (Å²) in [5.41, 5.74) is 11.1. The summed E-state index contributed by atoms with van der Waals surface area (Å²) in [7, 11) is 0. The molecular formula is C18H23NO. The molecule has 0 saturated heterocycles. The molecule has 2 aromatic rings. The molecule has 2 atom stereocenters. The monoisotopic (exact) mass is 269 g/mol. The summed E-state index contributed by atoms with van der Waals surface area (Å²) in [5.74, 6) is 0.307. The summed E-state index contributed by atoms with van der Waals surface area (Å²) in [5, 5.41) is 10.6. The van der Waals surface area contributed by atoms with Crippen LogP contribution in [-0.2, 0) is 0 Å². The zero-order valence-electron chi connectivity index (χ0n) is 12.4. The fourth-order valence-electron chi connectivity index (χ4n) is 2.48. The van der Waals surface area contributed by atoms with Crippen LogP contribution in [0.15, 0.2) is 42.5 Å². The number of rotatable bonds is 4. The van der Waals surface area contributed by atoms with Gasteiger partial charge in [0, 0.05) is 0 Å². The van der Waals surface area contributed by atoms with Gasteiger partial charge in [-0.25, -0.2) is 0 Å². The predicted octanol–water partition coefficient (Wildman–Crippen LogP) is 3.45. The van der Waals surface area contributed by atoms with Crippen molar-refractivity contribution in [2.45, 2.75) is 32.8 Å². The van der Waals surface area contributed by atoms with Crippen LogP contribution in [0.2, 0.25) is 0 Å². The van der Waals surface area contributed by atoms with Gasteiger partial charge in [-0.05, 0) is 48.6 Å². The summed E-state index contributed by atoms with van der Waals surface area (Å²) in [6.45, 7) is 6.82. The van der Waals surface area contributed by atoms with E-state index in [-0.39, 0.29) is 0 Å². The van der Waals surface area contributed by atoms with Crippen LogP contribution >= 0.6 is 0 Å². The molecule has 0 spiro atoms. The second kappa shape index (κ2) is 6.21. The van der Waals surface area contributed by atoms with Crippen molar-refractivity contribution in [2.24, 2.45) is 5.73 Å². The van der Waals surface area contributed by atoms with E-state index in [1.165, 1.54) is 11.1 Å². The third-order valence-corrected chi connectivity index (χ3v) is 3.87. The Morgan fingerprint density at radius 3 is 2.40 bits per heavy atom. The van der Waals surface area contributed by atoms with Crippen molar-refractivity contribution in [3.8, 4) is 0 Å². The standard InChI is InChI=1S/C18H23NO/c1-12-7-8-17(13(2)9-12)18(20)16-6-4-5-15(10-16)14(3)11-19/h4-10,14,18,20H,11,19H2,1-3H3. The van der Waals surface area contributed by atoms with Crippen LogP contribution in [0.5, 0.6) is 0 Å². The molecule has 0 aliphatic heterocycles. The molecule has 0 saturated carbocycles. The Labute approximate surface area is 121 Å². The second-order valence-electron chi connectivity index (χ2n) is 5.57.